The van der Waals surface area contributed by atoms with Crippen LogP contribution in [0, 0.1) is 0 Å². The van der Waals surface area contributed by atoms with E-state index in [1.54, 1.807) is 13.2 Å². The van der Waals surface area contributed by atoms with Gasteiger partial charge in [-0.15, -0.1) is 11.3 Å². The van der Waals surface area contributed by atoms with Crippen molar-refractivity contribution in [1.29, 1.82) is 0 Å². The van der Waals surface area contributed by atoms with Gasteiger partial charge in [-0.2, -0.15) is 0 Å². The van der Waals surface area contributed by atoms with Crippen molar-refractivity contribution in [2.45, 2.75) is 6.42 Å². The van der Waals surface area contributed by atoms with Crippen molar-refractivity contribution in [3.63, 3.8) is 0 Å². The van der Waals surface area contributed by atoms with Crippen LogP contribution in [-0.4, -0.2) is 45.9 Å². The third-order valence-corrected chi connectivity index (χ3v) is 2.95. The second-order valence-electron chi connectivity index (χ2n) is 3.41. The summed E-state index contributed by atoms with van der Waals surface area (Å²) in [5.74, 6) is 0.0272. The zero-order chi connectivity index (χ0) is 12.3. The minimum absolute atomic E-state index is 0.0272. The summed E-state index contributed by atoms with van der Waals surface area (Å²) in [6.07, 6.45) is 0.880. The number of hydrogen-bond acceptors (Lipinski definition) is 5. The highest BCUT2D eigenvalue weighted by atomic mass is 32.1. The molecule has 0 aromatic carbocycles. The monoisotopic (exact) mass is 258 g/mol. The second kappa shape index (κ2) is 9.30. The summed E-state index contributed by atoms with van der Waals surface area (Å²) >= 11 is 1.43. The van der Waals surface area contributed by atoms with Crippen LogP contribution in [0.25, 0.3) is 0 Å². The Balaban J connectivity index is 1.92. The van der Waals surface area contributed by atoms with E-state index in [9.17, 15) is 4.79 Å². The molecule has 0 saturated heterocycles. The van der Waals surface area contributed by atoms with Crippen LogP contribution in [0.4, 0.5) is 0 Å². The molecule has 1 rings (SSSR count). The number of rotatable bonds is 10. The van der Waals surface area contributed by atoms with Gasteiger partial charge in [0.1, 0.15) is 6.61 Å². The fourth-order valence-corrected chi connectivity index (χ4v) is 1.85. The molecule has 0 aliphatic heterocycles. The van der Waals surface area contributed by atoms with Gasteiger partial charge in [-0.1, -0.05) is 6.07 Å². The number of thiophene rings is 1. The summed E-state index contributed by atoms with van der Waals surface area (Å²) in [4.78, 5) is 12.2. The molecule has 17 heavy (non-hydrogen) atoms. The van der Waals surface area contributed by atoms with Gasteiger partial charge in [0.25, 0.3) is 0 Å². The predicted octanol–water partition coefficient (Wildman–Crippen LogP) is 2.00. The summed E-state index contributed by atoms with van der Waals surface area (Å²) in [6.45, 7) is 2.46. The quantitative estimate of drug-likeness (QED) is 0.475. The van der Waals surface area contributed by atoms with E-state index in [4.69, 9.17) is 14.2 Å². The normalized spacial score (nSPS) is 10.6. The molecule has 5 heteroatoms. The van der Waals surface area contributed by atoms with E-state index in [0.29, 0.717) is 26.4 Å². The molecule has 0 atom stereocenters. The van der Waals surface area contributed by atoms with Gasteiger partial charge in [-0.25, -0.2) is 0 Å². The second-order valence-corrected chi connectivity index (χ2v) is 4.36. The first-order valence-corrected chi connectivity index (χ1v) is 6.43. The van der Waals surface area contributed by atoms with Crippen molar-refractivity contribution >= 4 is 17.1 Å². The van der Waals surface area contributed by atoms with Crippen molar-refractivity contribution in [3.05, 3.63) is 22.4 Å². The lowest BCUT2D eigenvalue weighted by molar-refractivity contribution is 0.0384. The molecule has 0 aliphatic carbocycles. The van der Waals surface area contributed by atoms with E-state index >= 15 is 0 Å². The van der Waals surface area contributed by atoms with Gasteiger partial charge >= 0.3 is 0 Å². The zero-order valence-corrected chi connectivity index (χ0v) is 10.8. The number of ether oxygens (including phenoxy) is 3. The Bertz CT molecular complexity index is 297. The van der Waals surface area contributed by atoms with Gasteiger partial charge < -0.3 is 14.2 Å². The number of Topliss-reactive ketones (excluding diaryl/α,β-unsaturated/α-hetero) is 1. The third kappa shape index (κ3) is 6.53. The van der Waals surface area contributed by atoms with Crippen LogP contribution in [0.3, 0.4) is 0 Å². The molecule has 1 heterocycles. The SMILES string of the molecule is COCCCOCCOCC(=O)c1cccs1. The molecular formula is C12H18O4S. The van der Waals surface area contributed by atoms with E-state index in [2.05, 4.69) is 0 Å². The first-order chi connectivity index (χ1) is 8.34. The fraction of sp³-hybridized carbons (Fsp3) is 0.583. The molecule has 0 radical (unpaired) electrons. The standard InChI is InChI=1S/C12H18O4S/c1-14-5-3-6-15-7-8-16-10-11(13)12-4-2-9-17-12/h2,4,9H,3,5-8,10H2,1H3. The molecule has 0 saturated carbocycles. The lowest BCUT2D eigenvalue weighted by atomic mass is 10.3. The highest BCUT2D eigenvalue weighted by Crippen LogP contribution is 2.09. The van der Waals surface area contributed by atoms with Crippen molar-refractivity contribution in [1.82, 2.24) is 0 Å². The minimum Gasteiger partial charge on any atom is -0.385 e. The maximum atomic E-state index is 11.5. The van der Waals surface area contributed by atoms with Crippen LogP contribution >= 0.6 is 11.3 Å². The maximum Gasteiger partial charge on any atom is 0.198 e. The highest BCUT2D eigenvalue weighted by Gasteiger charge is 2.05. The van der Waals surface area contributed by atoms with Gasteiger partial charge in [-0.05, 0) is 17.9 Å². The molecule has 0 unspecified atom stereocenters. The summed E-state index contributed by atoms with van der Waals surface area (Å²) in [5, 5.41) is 1.88. The Hall–Kier alpha value is -0.750. The molecule has 0 amide bonds. The first-order valence-electron chi connectivity index (χ1n) is 5.55. The van der Waals surface area contributed by atoms with Crippen LogP contribution < -0.4 is 0 Å². The largest absolute Gasteiger partial charge is 0.385 e. The molecule has 0 aliphatic rings. The van der Waals surface area contributed by atoms with Crippen molar-refractivity contribution in [2.75, 3.05) is 40.1 Å². The number of hydrogen-bond donors (Lipinski definition) is 0. The molecule has 0 bridgehead atoms. The molecule has 1 aromatic rings. The first kappa shape index (κ1) is 14.3. The Kier molecular flexibility index (Phi) is 7.83. The summed E-state index contributed by atoms with van der Waals surface area (Å²) in [6, 6.07) is 3.66. The fourth-order valence-electron chi connectivity index (χ4n) is 1.20. The minimum atomic E-state index is 0.0272. The zero-order valence-electron chi connectivity index (χ0n) is 10.0. The topological polar surface area (TPSA) is 44.8 Å². The smallest absolute Gasteiger partial charge is 0.198 e. The molecule has 0 N–H and O–H groups in total. The molecule has 4 nitrogen and oxygen atoms in total. The van der Waals surface area contributed by atoms with Crippen molar-refractivity contribution < 1.29 is 19.0 Å². The molecule has 0 fully saturated rings. The summed E-state index contributed by atoms with van der Waals surface area (Å²) in [5.41, 5.74) is 0. The third-order valence-electron chi connectivity index (χ3n) is 2.04. The summed E-state index contributed by atoms with van der Waals surface area (Å²) in [7, 11) is 1.67. The van der Waals surface area contributed by atoms with E-state index in [0.717, 1.165) is 11.3 Å². The number of ketones is 1. The Labute approximate surface area is 105 Å². The number of carbonyl (C=O) groups excluding carboxylic acids is 1. The summed E-state index contributed by atoms with van der Waals surface area (Å²) < 4.78 is 15.4. The van der Waals surface area contributed by atoms with Crippen LogP contribution in [0.15, 0.2) is 17.5 Å². The van der Waals surface area contributed by atoms with Gasteiger partial charge in [0.2, 0.25) is 0 Å². The van der Waals surface area contributed by atoms with Crippen LogP contribution in [-0.2, 0) is 14.2 Å². The van der Waals surface area contributed by atoms with Gasteiger partial charge in [0.15, 0.2) is 5.78 Å². The molecule has 0 spiro atoms. The Morgan fingerprint density at radius 2 is 2.06 bits per heavy atom. The van der Waals surface area contributed by atoms with E-state index in [-0.39, 0.29) is 12.4 Å². The van der Waals surface area contributed by atoms with Crippen molar-refractivity contribution in [2.24, 2.45) is 0 Å². The maximum absolute atomic E-state index is 11.5. The number of methoxy groups -OCH3 is 1. The van der Waals surface area contributed by atoms with E-state index < -0.39 is 0 Å². The number of carbonyl (C=O) groups is 1. The molecule has 96 valence electrons. The lowest BCUT2D eigenvalue weighted by Crippen LogP contribution is -2.12. The van der Waals surface area contributed by atoms with E-state index in [1.807, 2.05) is 11.4 Å². The molecule has 1 aromatic heterocycles. The Morgan fingerprint density at radius 3 is 2.76 bits per heavy atom. The molecular weight excluding hydrogens is 240 g/mol. The van der Waals surface area contributed by atoms with Crippen molar-refractivity contribution in [3.8, 4) is 0 Å². The average molecular weight is 258 g/mol. The van der Waals surface area contributed by atoms with Crippen LogP contribution in [0.1, 0.15) is 16.1 Å². The van der Waals surface area contributed by atoms with Gasteiger partial charge in [0, 0.05) is 20.3 Å². The van der Waals surface area contributed by atoms with Crippen LogP contribution in [0.2, 0.25) is 0 Å². The van der Waals surface area contributed by atoms with Gasteiger partial charge in [0.05, 0.1) is 18.1 Å². The Morgan fingerprint density at radius 1 is 1.24 bits per heavy atom. The van der Waals surface area contributed by atoms with Gasteiger partial charge in [-0.3, -0.25) is 4.79 Å². The lowest BCUT2D eigenvalue weighted by Gasteiger charge is -2.04. The average Bonchev–Trinajstić information content (AvgIpc) is 2.86. The van der Waals surface area contributed by atoms with E-state index in [1.165, 1.54) is 11.3 Å². The predicted molar refractivity (Wildman–Crippen MR) is 66.8 cm³/mol. The highest BCUT2D eigenvalue weighted by molar-refractivity contribution is 7.12. The van der Waals surface area contributed by atoms with Crippen LogP contribution in [0.5, 0.6) is 0 Å².